The van der Waals surface area contributed by atoms with Crippen LogP contribution in [0.5, 0.6) is 0 Å². The van der Waals surface area contributed by atoms with E-state index < -0.39 is 0 Å². The Kier molecular flexibility index (Phi) is 6.09. The van der Waals surface area contributed by atoms with Gasteiger partial charge in [0, 0.05) is 13.2 Å². The molecule has 0 saturated heterocycles. The molecule has 0 amide bonds. The maximum Gasteiger partial charge on any atom is 0.0784 e. The number of hydrogen-bond donors (Lipinski definition) is 1. The molecule has 4 unspecified atom stereocenters. The first-order valence-electron chi connectivity index (χ1n) is 7.20. The minimum Gasteiger partial charge on any atom is -0.382 e. The standard InChI is InChI=1S/C15H31NO2/c1-11(10-17-6)18-14-9-12(15(2,3)4)7-8-13(14)16-5/h11-14,16H,7-10H2,1-6H3. The quantitative estimate of drug-likeness (QED) is 0.821. The highest BCUT2D eigenvalue weighted by Gasteiger charge is 2.36. The zero-order valence-corrected chi connectivity index (χ0v) is 13.0. The van der Waals surface area contributed by atoms with Gasteiger partial charge in [-0.25, -0.2) is 0 Å². The number of likely N-dealkylation sites (N-methyl/N-ethyl adjacent to an activating group) is 1. The van der Waals surface area contributed by atoms with Crippen LogP contribution in [0.25, 0.3) is 0 Å². The molecule has 0 aromatic heterocycles. The summed E-state index contributed by atoms with van der Waals surface area (Å²) in [7, 11) is 3.77. The summed E-state index contributed by atoms with van der Waals surface area (Å²) in [4.78, 5) is 0. The van der Waals surface area contributed by atoms with Gasteiger partial charge in [0.15, 0.2) is 0 Å². The van der Waals surface area contributed by atoms with Gasteiger partial charge in [0.1, 0.15) is 0 Å². The number of methoxy groups -OCH3 is 1. The van der Waals surface area contributed by atoms with Crippen LogP contribution in [0.15, 0.2) is 0 Å². The summed E-state index contributed by atoms with van der Waals surface area (Å²) < 4.78 is 11.3. The Morgan fingerprint density at radius 3 is 2.44 bits per heavy atom. The topological polar surface area (TPSA) is 30.5 Å². The molecule has 108 valence electrons. The molecule has 0 aliphatic heterocycles. The lowest BCUT2D eigenvalue weighted by Crippen LogP contribution is -2.47. The Hall–Kier alpha value is -0.120. The maximum atomic E-state index is 6.17. The second-order valence-electron chi connectivity index (χ2n) is 6.71. The Morgan fingerprint density at radius 1 is 1.28 bits per heavy atom. The SMILES string of the molecule is CNC1CCC(C(C)(C)C)CC1OC(C)COC. The van der Waals surface area contributed by atoms with E-state index in [1.165, 1.54) is 12.8 Å². The van der Waals surface area contributed by atoms with Gasteiger partial charge in [-0.2, -0.15) is 0 Å². The van der Waals surface area contributed by atoms with E-state index in [1.54, 1.807) is 7.11 Å². The van der Waals surface area contributed by atoms with Gasteiger partial charge in [-0.1, -0.05) is 20.8 Å². The molecule has 3 nitrogen and oxygen atoms in total. The van der Waals surface area contributed by atoms with Gasteiger partial charge in [0.25, 0.3) is 0 Å². The first kappa shape index (κ1) is 15.9. The van der Waals surface area contributed by atoms with E-state index in [-0.39, 0.29) is 6.10 Å². The fourth-order valence-electron chi connectivity index (χ4n) is 2.97. The third kappa shape index (κ3) is 4.52. The van der Waals surface area contributed by atoms with Crippen molar-refractivity contribution in [3.63, 3.8) is 0 Å². The second-order valence-corrected chi connectivity index (χ2v) is 6.71. The van der Waals surface area contributed by atoms with Crippen LogP contribution in [-0.2, 0) is 9.47 Å². The van der Waals surface area contributed by atoms with E-state index in [0.29, 0.717) is 24.2 Å². The Balaban J connectivity index is 2.59. The molecular weight excluding hydrogens is 226 g/mol. The monoisotopic (exact) mass is 257 g/mol. The highest BCUT2D eigenvalue weighted by Crippen LogP contribution is 2.39. The lowest BCUT2D eigenvalue weighted by atomic mass is 9.70. The van der Waals surface area contributed by atoms with Crippen LogP contribution >= 0.6 is 0 Å². The largest absolute Gasteiger partial charge is 0.382 e. The summed E-state index contributed by atoms with van der Waals surface area (Å²) in [6.07, 6.45) is 4.16. The molecule has 1 N–H and O–H groups in total. The summed E-state index contributed by atoms with van der Waals surface area (Å²) in [5.41, 5.74) is 0.380. The highest BCUT2D eigenvalue weighted by molar-refractivity contribution is 4.89. The lowest BCUT2D eigenvalue weighted by Gasteiger charge is -2.42. The first-order chi connectivity index (χ1) is 8.38. The molecule has 0 spiro atoms. The maximum absolute atomic E-state index is 6.17. The van der Waals surface area contributed by atoms with Crippen molar-refractivity contribution in [3.05, 3.63) is 0 Å². The van der Waals surface area contributed by atoms with Gasteiger partial charge in [-0.3, -0.25) is 0 Å². The van der Waals surface area contributed by atoms with Crippen LogP contribution < -0.4 is 5.32 Å². The molecular formula is C15H31NO2. The van der Waals surface area contributed by atoms with Gasteiger partial charge in [-0.15, -0.1) is 0 Å². The third-order valence-electron chi connectivity index (χ3n) is 4.20. The van der Waals surface area contributed by atoms with Crippen LogP contribution in [0.4, 0.5) is 0 Å². The highest BCUT2D eigenvalue weighted by atomic mass is 16.5. The molecule has 0 aromatic rings. The summed E-state index contributed by atoms with van der Waals surface area (Å²) in [6.45, 7) is 9.79. The van der Waals surface area contributed by atoms with Gasteiger partial charge in [-0.05, 0) is 44.6 Å². The van der Waals surface area contributed by atoms with E-state index in [1.807, 2.05) is 7.05 Å². The van der Waals surface area contributed by atoms with E-state index >= 15 is 0 Å². The Labute approximate surface area is 113 Å². The first-order valence-corrected chi connectivity index (χ1v) is 7.20. The molecule has 0 aromatic carbocycles. The van der Waals surface area contributed by atoms with E-state index in [9.17, 15) is 0 Å². The third-order valence-corrected chi connectivity index (χ3v) is 4.20. The Morgan fingerprint density at radius 2 is 1.94 bits per heavy atom. The predicted molar refractivity (Wildman–Crippen MR) is 75.9 cm³/mol. The molecule has 1 fully saturated rings. The molecule has 1 aliphatic carbocycles. The van der Waals surface area contributed by atoms with Gasteiger partial charge in [0.2, 0.25) is 0 Å². The number of hydrogen-bond acceptors (Lipinski definition) is 3. The van der Waals surface area contributed by atoms with Gasteiger partial charge in [0.05, 0.1) is 18.8 Å². The predicted octanol–water partition coefficient (Wildman–Crippen LogP) is 2.84. The number of nitrogens with one attached hydrogen (secondary N) is 1. The van der Waals surface area contributed by atoms with E-state index in [4.69, 9.17) is 9.47 Å². The van der Waals surface area contributed by atoms with Crippen molar-refractivity contribution in [2.75, 3.05) is 20.8 Å². The molecule has 1 saturated carbocycles. The molecule has 1 aliphatic rings. The van der Waals surface area contributed by atoms with Crippen LogP contribution in [0.3, 0.4) is 0 Å². The molecule has 1 rings (SSSR count). The van der Waals surface area contributed by atoms with Crippen LogP contribution in [0, 0.1) is 11.3 Å². The summed E-state index contributed by atoms with van der Waals surface area (Å²) in [5, 5.41) is 3.41. The van der Waals surface area contributed by atoms with Crippen LogP contribution in [0.2, 0.25) is 0 Å². The zero-order valence-electron chi connectivity index (χ0n) is 13.0. The smallest absolute Gasteiger partial charge is 0.0784 e. The van der Waals surface area contributed by atoms with Crippen molar-refractivity contribution in [2.45, 2.75) is 65.2 Å². The van der Waals surface area contributed by atoms with E-state index in [0.717, 1.165) is 12.3 Å². The Bertz CT molecular complexity index is 237. The fourth-order valence-corrected chi connectivity index (χ4v) is 2.97. The second kappa shape index (κ2) is 6.88. The number of rotatable bonds is 5. The van der Waals surface area contributed by atoms with Crippen LogP contribution in [-0.4, -0.2) is 39.0 Å². The molecule has 3 heteroatoms. The van der Waals surface area contributed by atoms with Crippen molar-refractivity contribution >= 4 is 0 Å². The van der Waals surface area contributed by atoms with Gasteiger partial charge >= 0.3 is 0 Å². The van der Waals surface area contributed by atoms with Crippen LogP contribution in [0.1, 0.15) is 47.0 Å². The zero-order chi connectivity index (χ0) is 13.8. The van der Waals surface area contributed by atoms with Crippen molar-refractivity contribution in [1.82, 2.24) is 5.32 Å². The average Bonchev–Trinajstić information content (AvgIpc) is 2.28. The minimum atomic E-state index is 0.176. The normalized spacial score (nSPS) is 31.3. The summed E-state index contributed by atoms with van der Waals surface area (Å²) in [5.74, 6) is 0.752. The van der Waals surface area contributed by atoms with E-state index in [2.05, 4.69) is 33.0 Å². The minimum absolute atomic E-state index is 0.176. The fraction of sp³-hybridized carbons (Fsp3) is 1.00. The van der Waals surface area contributed by atoms with Crippen molar-refractivity contribution in [2.24, 2.45) is 11.3 Å². The number of ether oxygens (including phenoxy) is 2. The molecule has 18 heavy (non-hydrogen) atoms. The lowest BCUT2D eigenvalue weighted by molar-refractivity contribution is -0.0818. The van der Waals surface area contributed by atoms with Gasteiger partial charge < -0.3 is 14.8 Å². The summed E-state index contributed by atoms with van der Waals surface area (Å²) >= 11 is 0. The van der Waals surface area contributed by atoms with Crippen molar-refractivity contribution < 1.29 is 9.47 Å². The average molecular weight is 257 g/mol. The van der Waals surface area contributed by atoms with Crippen molar-refractivity contribution in [1.29, 1.82) is 0 Å². The van der Waals surface area contributed by atoms with Crippen molar-refractivity contribution in [3.8, 4) is 0 Å². The molecule has 0 bridgehead atoms. The molecule has 0 radical (unpaired) electrons. The molecule has 4 atom stereocenters. The molecule has 0 heterocycles. The summed E-state index contributed by atoms with van der Waals surface area (Å²) in [6, 6.07) is 0.489.